The van der Waals surface area contributed by atoms with E-state index in [1.165, 1.54) is 0 Å². The second-order valence-electron chi connectivity index (χ2n) is 5.03. The summed E-state index contributed by atoms with van der Waals surface area (Å²) in [6.07, 6.45) is 0.246. The topological polar surface area (TPSA) is 296 Å². The number of aliphatic hydroxyl groups is 1. The van der Waals surface area contributed by atoms with Crippen molar-refractivity contribution in [1.29, 1.82) is 0 Å². The summed E-state index contributed by atoms with van der Waals surface area (Å²) in [5.74, 6) is -4.46. The predicted octanol–water partition coefficient (Wildman–Crippen LogP) is -4.28. The smallest absolute Gasteiger partial charge is 0.322 e. The lowest BCUT2D eigenvalue weighted by Crippen LogP contribution is -2.33. The summed E-state index contributed by atoms with van der Waals surface area (Å²) in [4.78, 5) is 49.9. The Hall–Kier alpha value is -2.81. The highest BCUT2D eigenvalue weighted by Gasteiger charge is 2.12. The van der Waals surface area contributed by atoms with Gasteiger partial charge in [-0.1, -0.05) is 0 Å². The van der Waals surface area contributed by atoms with Gasteiger partial charge in [0, 0.05) is 12.8 Å². The molecule has 0 aromatic carbocycles. The number of carbonyl (C=O) groups excluding carboxylic acids is 2. The Balaban J connectivity index is -0.000000326. The first-order valence-electron chi connectivity index (χ1n) is 7.38. The zero-order valence-electron chi connectivity index (χ0n) is 14.5. The SMILES string of the molecule is NC(=O)CC[C@H](N)C(=O)O.NC(=O)CC[C@H](N)C(=O)O.N[C@@H](CO)C(=O)O. The third-order valence-electron chi connectivity index (χ3n) is 2.55. The molecule has 14 nitrogen and oxygen atoms in total. The van der Waals surface area contributed by atoms with E-state index < -0.39 is 54.5 Å². The molecule has 0 saturated heterocycles. The van der Waals surface area contributed by atoms with E-state index in [2.05, 4.69) is 0 Å². The average molecular weight is 397 g/mol. The third-order valence-corrected chi connectivity index (χ3v) is 2.55. The van der Waals surface area contributed by atoms with Gasteiger partial charge in [0.05, 0.1) is 6.61 Å². The van der Waals surface area contributed by atoms with Crippen LogP contribution < -0.4 is 28.7 Å². The molecular weight excluding hydrogens is 370 g/mol. The minimum atomic E-state index is -1.18. The molecule has 0 fully saturated rings. The molecule has 0 rings (SSSR count). The van der Waals surface area contributed by atoms with E-state index in [0.29, 0.717) is 0 Å². The van der Waals surface area contributed by atoms with Gasteiger partial charge in [-0.15, -0.1) is 0 Å². The number of carboxylic acid groups (broad SMARTS) is 3. The number of primary amides is 2. The second-order valence-corrected chi connectivity index (χ2v) is 5.03. The molecule has 0 saturated carbocycles. The van der Waals surface area contributed by atoms with E-state index in [0.717, 1.165) is 0 Å². The number of aliphatic hydroxyl groups excluding tert-OH is 1. The van der Waals surface area contributed by atoms with Gasteiger partial charge >= 0.3 is 17.9 Å². The highest BCUT2D eigenvalue weighted by atomic mass is 16.4. The third kappa shape index (κ3) is 23.2. The fourth-order valence-electron chi connectivity index (χ4n) is 0.921. The minimum Gasteiger partial charge on any atom is -0.480 e. The van der Waals surface area contributed by atoms with Gasteiger partial charge in [-0.25, -0.2) is 0 Å². The van der Waals surface area contributed by atoms with Crippen molar-refractivity contribution in [3.63, 3.8) is 0 Å². The molecular formula is C13H27N5O9. The number of carbonyl (C=O) groups is 5. The van der Waals surface area contributed by atoms with Crippen LogP contribution >= 0.6 is 0 Å². The molecule has 14 heteroatoms. The fraction of sp³-hybridized carbons (Fsp3) is 0.615. The standard InChI is InChI=1S/2C5H10N2O3.C3H7NO3/c2*6-3(5(9)10)1-2-4(7)8;4-2(1-5)3(6)7/h2*3H,1-2,6H2,(H2,7,8)(H,9,10);2,5H,1,4H2,(H,6,7)/t2*3-;2-/m000/s1. The van der Waals surface area contributed by atoms with Crippen molar-refractivity contribution in [2.45, 2.75) is 43.8 Å². The lowest BCUT2D eigenvalue weighted by atomic mass is 10.2. The highest BCUT2D eigenvalue weighted by molar-refractivity contribution is 5.77. The summed E-state index contributed by atoms with van der Waals surface area (Å²) < 4.78 is 0. The minimum absolute atomic E-state index is 0.0213. The Morgan fingerprint density at radius 2 is 0.889 bits per heavy atom. The molecule has 14 N–H and O–H groups in total. The number of rotatable bonds is 10. The van der Waals surface area contributed by atoms with E-state index in [9.17, 15) is 24.0 Å². The summed E-state index contributed by atoms with van der Waals surface area (Å²) >= 11 is 0. The second kappa shape index (κ2) is 16.6. The zero-order valence-corrected chi connectivity index (χ0v) is 14.5. The van der Waals surface area contributed by atoms with Crippen LogP contribution in [0, 0.1) is 0 Å². The summed E-state index contributed by atoms with van der Waals surface area (Å²) in [6, 6.07) is -3.08. The number of amides is 2. The summed E-state index contributed by atoms with van der Waals surface area (Å²) in [5.41, 5.74) is 24.4. The van der Waals surface area contributed by atoms with E-state index in [4.69, 9.17) is 49.1 Å². The Morgan fingerprint density at radius 1 is 0.630 bits per heavy atom. The van der Waals surface area contributed by atoms with Crippen molar-refractivity contribution in [3.8, 4) is 0 Å². The lowest BCUT2D eigenvalue weighted by Gasteiger charge is -2.01. The summed E-state index contributed by atoms with van der Waals surface area (Å²) in [7, 11) is 0. The van der Waals surface area contributed by atoms with E-state index in [1.54, 1.807) is 0 Å². The van der Waals surface area contributed by atoms with Gasteiger partial charge in [-0.2, -0.15) is 0 Å². The average Bonchev–Trinajstić information content (AvgIpc) is 2.57. The molecule has 3 atom stereocenters. The molecule has 27 heavy (non-hydrogen) atoms. The first-order valence-corrected chi connectivity index (χ1v) is 7.38. The number of nitrogens with two attached hydrogens (primary N) is 5. The summed E-state index contributed by atoms with van der Waals surface area (Å²) in [6.45, 7) is -0.505. The van der Waals surface area contributed by atoms with Crippen molar-refractivity contribution in [2.75, 3.05) is 6.61 Å². The normalized spacial score (nSPS) is 12.7. The molecule has 0 aromatic rings. The van der Waals surface area contributed by atoms with Crippen LogP contribution in [0.15, 0.2) is 0 Å². The first kappa shape index (κ1) is 29.0. The molecule has 0 aliphatic rings. The van der Waals surface area contributed by atoms with E-state index in [1.807, 2.05) is 0 Å². The zero-order chi connectivity index (χ0) is 22.2. The van der Waals surface area contributed by atoms with Gasteiger partial charge in [0.1, 0.15) is 18.1 Å². The number of aliphatic carboxylic acids is 3. The molecule has 2 amide bonds. The monoisotopic (exact) mass is 397 g/mol. The Labute approximate surface area is 154 Å². The Morgan fingerprint density at radius 3 is 1.00 bits per heavy atom. The van der Waals surface area contributed by atoms with Crippen molar-refractivity contribution < 1.29 is 44.4 Å². The van der Waals surface area contributed by atoms with Crippen molar-refractivity contribution in [3.05, 3.63) is 0 Å². The van der Waals surface area contributed by atoms with Gasteiger partial charge in [0.25, 0.3) is 0 Å². The molecule has 0 radical (unpaired) electrons. The molecule has 0 spiro atoms. The van der Waals surface area contributed by atoms with Gasteiger partial charge in [-0.3, -0.25) is 24.0 Å². The van der Waals surface area contributed by atoms with Gasteiger partial charge in [0.2, 0.25) is 11.8 Å². The van der Waals surface area contributed by atoms with Crippen LogP contribution in [0.2, 0.25) is 0 Å². The quantitative estimate of drug-likeness (QED) is 0.169. The van der Waals surface area contributed by atoms with Crippen LogP contribution in [0.25, 0.3) is 0 Å². The molecule has 0 heterocycles. The number of hydrogen-bond donors (Lipinski definition) is 9. The molecule has 158 valence electrons. The maximum absolute atomic E-state index is 10.1. The first-order chi connectivity index (χ1) is 12.3. The molecule has 0 aliphatic carbocycles. The predicted molar refractivity (Wildman–Crippen MR) is 90.8 cm³/mol. The van der Waals surface area contributed by atoms with Crippen LogP contribution in [0.4, 0.5) is 0 Å². The van der Waals surface area contributed by atoms with E-state index >= 15 is 0 Å². The van der Waals surface area contributed by atoms with Crippen LogP contribution in [0.3, 0.4) is 0 Å². The number of carboxylic acids is 3. The van der Waals surface area contributed by atoms with Crippen LogP contribution in [0.5, 0.6) is 0 Å². The van der Waals surface area contributed by atoms with Crippen molar-refractivity contribution >= 4 is 29.7 Å². The van der Waals surface area contributed by atoms with Gasteiger partial charge < -0.3 is 49.1 Å². The number of hydrogen-bond acceptors (Lipinski definition) is 9. The van der Waals surface area contributed by atoms with Gasteiger partial charge in [-0.05, 0) is 12.8 Å². The van der Waals surface area contributed by atoms with Crippen LogP contribution in [-0.4, -0.2) is 74.9 Å². The maximum atomic E-state index is 10.1. The summed E-state index contributed by atoms with van der Waals surface area (Å²) in [5, 5.41) is 32.3. The molecule has 0 unspecified atom stereocenters. The Bertz CT molecular complexity index is 467. The van der Waals surface area contributed by atoms with Crippen molar-refractivity contribution in [1.82, 2.24) is 0 Å². The van der Waals surface area contributed by atoms with Crippen molar-refractivity contribution in [2.24, 2.45) is 28.7 Å². The largest absolute Gasteiger partial charge is 0.480 e. The molecule has 0 bridgehead atoms. The van der Waals surface area contributed by atoms with Crippen LogP contribution in [0.1, 0.15) is 25.7 Å². The molecule has 0 aliphatic heterocycles. The Kier molecular flexibility index (Phi) is 17.9. The molecule has 0 aromatic heterocycles. The van der Waals surface area contributed by atoms with Crippen LogP contribution in [-0.2, 0) is 24.0 Å². The fourth-order valence-corrected chi connectivity index (χ4v) is 0.921. The van der Waals surface area contributed by atoms with E-state index in [-0.39, 0.29) is 25.7 Å². The maximum Gasteiger partial charge on any atom is 0.322 e. The highest BCUT2D eigenvalue weighted by Crippen LogP contribution is 1.93. The van der Waals surface area contributed by atoms with Gasteiger partial charge in [0.15, 0.2) is 0 Å². The lowest BCUT2D eigenvalue weighted by molar-refractivity contribution is -0.140.